The van der Waals surface area contributed by atoms with Gasteiger partial charge in [0.2, 0.25) is 0 Å². The van der Waals surface area contributed by atoms with Crippen LogP contribution in [0.5, 0.6) is 5.75 Å². The van der Waals surface area contributed by atoms with Gasteiger partial charge in [-0.1, -0.05) is 35.9 Å². The number of hydrogen-bond donors (Lipinski definition) is 0. The second-order valence-corrected chi connectivity index (χ2v) is 5.80. The fourth-order valence-corrected chi connectivity index (χ4v) is 2.91. The van der Waals surface area contributed by atoms with E-state index in [1.807, 2.05) is 25.1 Å². The minimum atomic E-state index is -0.466. The number of fused-ring (bicyclic) bond motifs is 1. The highest BCUT2D eigenvalue weighted by atomic mass is 35.5. The van der Waals surface area contributed by atoms with Crippen molar-refractivity contribution < 1.29 is 14.3 Å². The number of ketones is 1. The smallest absolute Gasteiger partial charge is 0.299 e. The summed E-state index contributed by atoms with van der Waals surface area (Å²) in [6.07, 6.45) is 0.609. The van der Waals surface area contributed by atoms with Crippen LogP contribution in [0, 0.1) is 6.92 Å². The van der Waals surface area contributed by atoms with Gasteiger partial charge in [-0.05, 0) is 37.1 Å². The lowest BCUT2D eigenvalue weighted by Gasteiger charge is -2.18. The molecule has 2 aromatic rings. The van der Waals surface area contributed by atoms with Crippen molar-refractivity contribution in [1.29, 1.82) is 0 Å². The highest BCUT2D eigenvalue weighted by Gasteiger charge is 2.36. The van der Waals surface area contributed by atoms with Crippen molar-refractivity contribution in [3.63, 3.8) is 0 Å². The summed E-state index contributed by atoms with van der Waals surface area (Å²) in [5.41, 5.74) is 2.14. The monoisotopic (exact) mass is 329 g/mol. The SMILES string of the molecule is Cc1cccc2c1N(CCCOc1ccccc1Cl)C(=O)C2=O. The molecule has 4 nitrogen and oxygen atoms in total. The fourth-order valence-electron chi connectivity index (χ4n) is 2.72. The Morgan fingerprint density at radius 1 is 1.09 bits per heavy atom. The molecule has 2 aromatic carbocycles. The molecule has 0 fully saturated rings. The van der Waals surface area contributed by atoms with Gasteiger partial charge in [0, 0.05) is 6.54 Å². The minimum Gasteiger partial charge on any atom is -0.492 e. The number of ether oxygens (including phenoxy) is 1. The summed E-state index contributed by atoms with van der Waals surface area (Å²) in [6.45, 7) is 2.76. The summed E-state index contributed by atoms with van der Waals surface area (Å²) in [6, 6.07) is 12.6. The molecule has 118 valence electrons. The topological polar surface area (TPSA) is 46.6 Å². The Bertz CT molecular complexity index is 773. The summed E-state index contributed by atoms with van der Waals surface area (Å²) in [7, 11) is 0. The van der Waals surface area contributed by atoms with Crippen molar-refractivity contribution in [1.82, 2.24) is 0 Å². The molecule has 0 aliphatic carbocycles. The molecule has 1 aliphatic rings. The van der Waals surface area contributed by atoms with Crippen molar-refractivity contribution >= 4 is 29.0 Å². The highest BCUT2D eigenvalue weighted by Crippen LogP contribution is 2.32. The Hall–Kier alpha value is -2.33. The van der Waals surface area contributed by atoms with Gasteiger partial charge < -0.3 is 9.64 Å². The van der Waals surface area contributed by atoms with Crippen LogP contribution >= 0.6 is 11.6 Å². The van der Waals surface area contributed by atoms with Crippen molar-refractivity contribution in [2.75, 3.05) is 18.1 Å². The number of Topliss-reactive ketones (excluding diaryl/α,β-unsaturated/α-hetero) is 1. The number of anilines is 1. The molecular formula is C18H16ClNO3. The van der Waals surface area contributed by atoms with Gasteiger partial charge in [-0.3, -0.25) is 9.59 Å². The summed E-state index contributed by atoms with van der Waals surface area (Å²) in [5.74, 6) is -0.280. The van der Waals surface area contributed by atoms with E-state index in [4.69, 9.17) is 16.3 Å². The zero-order valence-electron chi connectivity index (χ0n) is 12.7. The molecule has 0 bridgehead atoms. The van der Waals surface area contributed by atoms with Crippen LogP contribution in [0.2, 0.25) is 5.02 Å². The van der Waals surface area contributed by atoms with Gasteiger partial charge in [-0.2, -0.15) is 0 Å². The third kappa shape index (κ3) is 2.94. The van der Waals surface area contributed by atoms with Crippen LogP contribution in [0.25, 0.3) is 0 Å². The summed E-state index contributed by atoms with van der Waals surface area (Å²) >= 11 is 6.03. The number of benzene rings is 2. The van der Waals surface area contributed by atoms with E-state index in [1.54, 1.807) is 29.2 Å². The zero-order chi connectivity index (χ0) is 16.4. The third-order valence-electron chi connectivity index (χ3n) is 3.81. The molecule has 0 saturated heterocycles. The van der Waals surface area contributed by atoms with E-state index in [0.717, 1.165) is 11.3 Å². The maximum absolute atomic E-state index is 12.1. The van der Waals surface area contributed by atoms with Gasteiger partial charge in [-0.15, -0.1) is 0 Å². The Morgan fingerprint density at radius 2 is 1.87 bits per heavy atom. The van der Waals surface area contributed by atoms with E-state index in [-0.39, 0.29) is 0 Å². The number of para-hydroxylation sites is 2. The number of carbonyl (C=O) groups is 2. The molecule has 0 unspecified atom stereocenters. The number of halogens is 1. The van der Waals surface area contributed by atoms with Gasteiger partial charge in [0.15, 0.2) is 0 Å². The standard InChI is InChI=1S/C18H16ClNO3/c1-12-6-4-7-13-16(12)20(18(22)17(13)21)10-5-11-23-15-9-3-2-8-14(15)19/h2-4,6-9H,5,10-11H2,1H3. The summed E-state index contributed by atoms with van der Waals surface area (Å²) in [4.78, 5) is 25.7. The van der Waals surface area contributed by atoms with Gasteiger partial charge in [0.25, 0.3) is 11.7 Å². The Labute approximate surface area is 139 Å². The molecule has 0 atom stereocenters. The molecule has 0 radical (unpaired) electrons. The molecular weight excluding hydrogens is 314 g/mol. The first-order valence-corrected chi connectivity index (χ1v) is 7.80. The van der Waals surface area contributed by atoms with E-state index in [0.29, 0.717) is 35.9 Å². The maximum atomic E-state index is 12.1. The number of amides is 1. The van der Waals surface area contributed by atoms with E-state index >= 15 is 0 Å². The Kier molecular flexibility index (Phi) is 4.35. The van der Waals surface area contributed by atoms with Crippen LogP contribution in [-0.2, 0) is 4.79 Å². The average molecular weight is 330 g/mol. The Morgan fingerprint density at radius 3 is 2.65 bits per heavy atom. The van der Waals surface area contributed by atoms with Gasteiger partial charge in [-0.25, -0.2) is 0 Å². The quantitative estimate of drug-likeness (QED) is 0.621. The largest absolute Gasteiger partial charge is 0.492 e. The van der Waals surface area contributed by atoms with E-state index < -0.39 is 11.7 Å². The molecule has 3 rings (SSSR count). The molecule has 0 aromatic heterocycles. The first-order valence-electron chi connectivity index (χ1n) is 7.42. The van der Waals surface area contributed by atoms with Crippen molar-refractivity contribution in [2.45, 2.75) is 13.3 Å². The van der Waals surface area contributed by atoms with Crippen molar-refractivity contribution in [2.24, 2.45) is 0 Å². The molecule has 5 heteroatoms. The van der Waals surface area contributed by atoms with E-state index in [1.165, 1.54) is 0 Å². The third-order valence-corrected chi connectivity index (χ3v) is 4.12. The molecule has 23 heavy (non-hydrogen) atoms. The van der Waals surface area contributed by atoms with Gasteiger partial charge >= 0.3 is 0 Å². The van der Waals surface area contributed by atoms with Crippen LogP contribution in [0.3, 0.4) is 0 Å². The molecule has 0 saturated carbocycles. The van der Waals surface area contributed by atoms with Crippen LogP contribution in [-0.4, -0.2) is 24.8 Å². The number of nitrogens with zero attached hydrogens (tertiary/aromatic N) is 1. The predicted octanol–water partition coefficient (Wildman–Crippen LogP) is 3.65. The fraction of sp³-hybridized carbons (Fsp3) is 0.222. The normalized spacial score (nSPS) is 13.4. The second-order valence-electron chi connectivity index (χ2n) is 5.39. The predicted molar refractivity (Wildman–Crippen MR) is 89.4 cm³/mol. The lowest BCUT2D eigenvalue weighted by atomic mass is 10.1. The number of hydrogen-bond acceptors (Lipinski definition) is 3. The van der Waals surface area contributed by atoms with Crippen molar-refractivity contribution in [3.05, 3.63) is 58.6 Å². The Balaban J connectivity index is 1.64. The minimum absolute atomic E-state index is 0.420. The summed E-state index contributed by atoms with van der Waals surface area (Å²) in [5, 5.41) is 0.557. The van der Waals surface area contributed by atoms with E-state index in [9.17, 15) is 9.59 Å². The maximum Gasteiger partial charge on any atom is 0.299 e. The molecule has 0 N–H and O–H groups in total. The summed E-state index contributed by atoms with van der Waals surface area (Å²) < 4.78 is 5.62. The first kappa shape index (κ1) is 15.6. The molecule has 1 amide bonds. The zero-order valence-corrected chi connectivity index (χ0v) is 13.5. The van der Waals surface area contributed by atoms with Crippen LogP contribution in [0.1, 0.15) is 22.3 Å². The van der Waals surface area contributed by atoms with Gasteiger partial charge in [0.1, 0.15) is 5.75 Å². The first-order chi connectivity index (χ1) is 11.1. The average Bonchev–Trinajstić information content (AvgIpc) is 2.79. The van der Waals surface area contributed by atoms with E-state index in [2.05, 4.69) is 0 Å². The number of rotatable bonds is 5. The van der Waals surface area contributed by atoms with Crippen LogP contribution < -0.4 is 9.64 Å². The lowest BCUT2D eigenvalue weighted by molar-refractivity contribution is -0.114. The van der Waals surface area contributed by atoms with Gasteiger partial charge in [0.05, 0.1) is 22.9 Å². The number of aryl methyl sites for hydroxylation is 1. The second kappa shape index (κ2) is 6.42. The lowest BCUT2D eigenvalue weighted by Crippen LogP contribution is -2.31. The molecule has 1 heterocycles. The molecule has 1 aliphatic heterocycles. The number of carbonyl (C=O) groups excluding carboxylic acids is 2. The highest BCUT2D eigenvalue weighted by molar-refractivity contribution is 6.52. The van der Waals surface area contributed by atoms with Crippen LogP contribution in [0.15, 0.2) is 42.5 Å². The van der Waals surface area contributed by atoms with Crippen LogP contribution in [0.4, 0.5) is 5.69 Å². The molecule has 0 spiro atoms. The van der Waals surface area contributed by atoms with Crippen molar-refractivity contribution in [3.8, 4) is 5.75 Å².